The number of fused-ring (bicyclic) bond motifs is 2. The molecule has 126 valence electrons. The fourth-order valence-corrected chi connectivity index (χ4v) is 5.23. The van der Waals surface area contributed by atoms with Crippen molar-refractivity contribution in [2.75, 3.05) is 20.1 Å². The molecule has 1 heterocycles. The van der Waals surface area contributed by atoms with E-state index >= 15 is 0 Å². The summed E-state index contributed by atoms with van der Waals surface area (Å²) in [6.45, 7) is 4.48. The lowest BCUT2D eigenvalue weighted by Gasteiger charge is -2.46. The fraction of sp³-hybridized carbons (Fsp3) is 0.944. The van der Waals surface area contributed by atoms with E-state index in [1.165, 1.54) is 45.2 Å². The second-order valence-corrected chi connectivity index (χ2v) is 9.85. The normalized spacial score (nSPS) is 38.5. The summed E-state index contributed by atoms with van der Waals surface area (Å²) < 4.78 is 5.71. The van der Waals surface area contributed by atoms with E-state index in [0.29, 0.717) is 0 Å². The lowest BCUT2D eigenvalue weighted by atomic mass is 9.63. The minimum atomic E-state index is -0.0219. The SMILES string of the molecule is CC(I)C(=O)OC1CC2CC(C1)CC(C1CCN(C)CC1)C2. The third kappa shape index (κ3) is 4.16. The molecular formula is C18H30INO2. The molecule has 0 radical (unpaired) electrons. The van der Waals surface area contributed by atoms with Crippen molar-refractivity contribution < 1.29 is 9.53 Å². The summed E-state index contributed by atoms with van der Waals surface area (Å²) >= 11 is 2.15. The molecule has 0 spiro atoms. The van der Waals surface area contributed by atoms with E-state index in [4.69, 9.17) is 4.74 Å². The number of carbonyl (C=O) groups is 1. The van der Waals surface area contributed by atoms with Gasteiger partial charge in [0.2, 0.25) is 0 Å². The summed E-state index contributed by atoms with van der Waals surface area (Å²) in [5, 5.41) is 0. The predicted molar refractivity (Wildman–Crippen MR) is 97.1 cm³/mol. The van der Waals surface area contributed by atoms with Gasteiger partial charge in [0.1, 0.15) is 10.0 Å². The summed E-state index contributed by atoms with van der Waals surface area (Å²) in [4.78, 5) is 14.3. The van der Waals surface area contributed by atoms with Gasteiger partial charge in [0, 0.05) is 0 Å². The van der Waals surface area contributed by atoms with Gasteiger partial charge in [0.25, 0.3) is 0 Å². The van der Waals surface area contributed by atoms with E-state index in [2.05, 4.69) is 34.5 Å². The van der Waals surface area contributed by atoms with Crippen LogP contribution in [0.2, 0.25) is 0 Å². The van der Waals surface area contributed by atoms with E-state index < -0.39 is 0 Å². The number of carbonyl (C=O) groups excluding carboxylic acids is 1. The van der Waals surface area contributed by atoms with Crippen LogP contribution in [0, 0.1) is 23.7 Å². The second-order valence-electron chi connectivity index (χ2n) is 7.99. The maximum Gasteiger partial charge on any atom is 0.318 e. The number of ether oxygens (including phenoxy) is 1. The van der Waals surface area contributed by atoms with Crippen LogP contribution in [0.25, 0.3) is 0 Å². The number of hydrogen-bond donors (Lipinski definition) is 0. The minimum Gasteiger partial charge on any atom is -0.462 e. The Hall–Kier alpha value is 0.160. The lowest BCUT2D eigenvalue weighted by molar-refractivity contribution is -0.152. The Morgan fingerprint density at radius 2 is 1.64 bits per heavy atom. The van der Waals surface area contributed by atoms with Crippen LogP contribution in [-0.4, -0.2) is 41.0 Å². The van der Waals surface area contributed by atoms with Gasteiger partial charge in [-0.05, 0) is 95.7 Å². The average molecular weight is 419 g/mol. The van der Waals surface area contributed by atoms with Crippen LogP contribution in [-0.2, 0) is 9.53 Å². The van der Waals surface area contributed by atoms with Crippen molar-refractivity contribution >= 4 is 28.6 Å². The molecule has 3 rings (SSSR count). The quantitative estimate of drug-likeness (QED) is 0.395. The number of esters is 1. The van der Waals surface area contributed by atoms with E-state index in [1.807, 2.05) is 6.92 Å². The van der Waals surface area contributed by atoms with Gasteiger partial charge in [0.05, 0.1) is 0 Å². The van der Waals surface area contributed by atoms with E-state index in [-0.39, 0.29) is 16.0 Å². The summed E-state index contributed by atoms with van der Waals surface area (Å²) in [6.07, 6.45) is 9.39. The first-order valence-corrected chi connectivity index (χ1v) is 10.3. The number of likely N-dealkylation sites (tertiary alicyclic amines) is 1. The molecular weight excluding hydrogens is 389 g/mol. The summed E-state index contributed by atoms with van der Waals surface area (Å²) in [5.41, 5.74) is 0. The first-order chi connectivity index (χ1) is 10.5. The highest BCUT2D eigenvalue weighted by molar-refractivity contribution is 14.1. The van der Waals surface area contributed by atoms with Crippen molar-refractivity contribution in [3.63, 3.8) is 0 Å². The molecule has 2 aliphatic carbocycles. The van der Waals surface area contributed by atoms with Crippen LogP contribution in [0.1, 0.15) is 51.9 Å². The predicted octanol–water partition coefficient (Wildman–Crippen LogP) is 3.89. The third-order valence-electron chi connectivity index (χ3n) is 6.17. The Morgan fingerprint density at radius 1 is 1.05 bits per heavy atom. The highest BCUT2D eigenvalue weighted by Crippen LogP contribution is 2.47. The topological polar surface area (TPSA) is 29.5 Å². The summed E-state index contributed by atoms with van der Waals surface area (Å²) in [6, 6.07) is 0. The lowest BCUT2D eigenvalue weighted by Crippen LogP contribution is -2.40. The monoisotopic (exact) mass is 419 g/mol. The molecule has 3 aliphatic rings. The molecule has 4 heteroatoms. The van der Waals surface area contributed by atoms with Gasteiger partial charge >= 0.3 is 5.97 Å². The largest absolute Gasteiger partial charge is 0.462 e. The Bertz CT molecular complexity index is 379. The maximum absolute atomic E-state index is 11.8. The van der Waals surface area contributed by atoms with E-state index in [1.54, 1.807) is 0 Å². The zero-order valence-corrected chi connectivity index (χ0v) is 16.1. The first kappa shape index (κ1) is 17.0. The molecule has 3 unspecified atom stereocenters. The Labute approximate surface area is 148 Å². The van der Waals surface area contributed by atoms with Gasteiger partial charge in [-0.2, -0.15) is 0 Å². The first-order valence-electron chi connectivity index (χ1n) is 9.04. The van der Waals surface area contributed by atoms with Crippen LogP contribution < -0.4 is 0 Å². The van der Waals surface area contributed by atoms with Crippen molar-refractivity contribution in [3.8, 4) is 0 Å². The van der Waals surface area contributed by atoms with Crippen molar-refractivity contribution in [2.24, 2.45) is 23.7 Å². The smallest absolute Gasteiger partial charge is 0.318 e. The van der Waals surface area contributed by atoms with Crippen LogP contribution >= 0.6 is 22.6 Å². The standard InChI is InChI=1S/C18H30INO2/c1-12(19)18(21)22-17-10-13-7-14(11-17)9-16(8-13)15-3-5-20(2)6-4-15/h12-17H,3-11H2,1-2H3. The molecule has 3 atom stereocenters. The van der Waals surface area contributed by atoms with Gasteiger partial charge in [-0.1, -0.05) is 22.6 Å². The number of alkyl halides is 1. The zero-order valence-electron chi connectivity index (χ0n) is 14.0. The van der Waals surface area contributed by atoms with Crippen molar-refractivity contribution in [1.82, 2.24) is 4.90 Å². The van der Waals surface area contributed by atoms with Crippen molar-refractivity contribution in [3.05, 3.63) is 0 Å². The molecule has 3 fully saturated rings. The molecule has 1 aliphatic heterocycles. The van der Waals surface area contributed by atoms with Crippen LogP contribution in [0.5, 0.6) is 0 Å². The number of nitrogens with zero attached hydrogens (tertiary/aromatic N) is 1. The molecule has 0 amide bonds. The Morgan fingerprint density at radius 3 is 2.18 bits per heavy atom. The van der Waals surface area contributed by atoms with Crippen LogP contribution in [0.15, 0.2) is 0 Å². The molecule has 0 aromatic heterocycles. The minimum absolute atomic E-state index is 0.0163. The van der Waals surface area contributed by atoms with Crippen LogP contribution in [0.4, 0.5) is 0 Å². The molecule has 0 aromatic carbocycles. The van der Waals surface area contributed by atoms with E-state index in [0.717, 1.165) is 36.5 Å². The highest BCUT2D eigenvalue weighted by atomic mass is 127. The van der Waals surface area contributed by atoms with E-state index in [9.17, 15) is 4.79 Å². The van der Waals surface area contributed by atoms with Crippen molar-refractivity contribution in [1.29, 1.82) is 0 Å². The second kappa shape index (κ2) is 7.37. The molecule has 2 bridgehead atoms. The van der Waals surface area contributed by atoms with Crippen molar-refractivity contribution in [2.45, 2.75) is 61.9 Å². The number of rotatable bonds is 3. The molecule has 3 nitrogen and oxygen atoms in total. The Balaban J connectivity index is 1.52. The fourth-order valence-electron chi connectivity index (χ4n) is 5.08. The third-order valence-corrected chi connectivity index (χ3v) is 6.68. The molecule has 0 N–H and O–H groups in total. The average Bonchev–Trinajstić information content (AvgIpc) is 2.46. The molecule has 0 aromatic rings. The number of halogens is 1. The maximum atomic E-state index is 11.8. The van der Waals surface area contributed by atoms with Gasteiger partial charge < -0.3 is 9.64 Å². The van der Waals surface area contributed by atoms with Gasteiger partial charge in [-0.15, -0.1) is 0 Å². The summed E-state index contributed by atoms with van der Waals surface area (Å²) in [7, 11) is 2.25. The summed E-state index contributed by atoms with van der Waals surface area (Å²) in [5.74, 6) is 3.49. The zero-order chi connectivity index (χ0) is 15.7. The van der Waals surface area contributed by atoms with Gasteiger partial charge in [-0.3, -0.25) is 4.79 Å². The van der Waals surface area contributed by atoms with Crippen LogP contribution in [0.3, 0.4) is 0 Å². The number of piperidine rings is 1. The number of hydrogen-bond acceptors (Lipinski definition) is 3. The Kier molecular flexibility index (Phi) is 5.69. The van der Waals surface area contributed by atoms with Gasteiger partial charge in [0.15, 0.2) is 0 Å². The highest BCUT2D eigenvalue weighted by Gasteiger charge is 2.40. The molecule has 22 heavy (non-hydrogen) atoms. The van der Waals surface area contributed by atoms with Gasteiger partial charge in [-0.25, -0.2) is 0 Å². The molecule has 1 saturated heterocycles. The molecule has 2 saturated carbocycles.